The molecule has 0 bridgehead atoms. The van der Waals surface area contributed by atoms with Crippen LogP contribution in [0.1, 0.15) is 52.0 Å². The van der Waals surface area contributed by atoms with Crippen LogP contribution in [-0.4, -0.2) is 42.8 Å². The number of nitrogens with zero attached hydrogens (tertiary/aromatic N) is 1. The molecule has 0 radical (unpaired) electrons. The van der Waals surface area contributed by atoms with Crippen LogP contribution in [0.5, 0.6) is 0 Å². The summed E-state index contributed by atoms with van der Waals surface area (Å²) < 4.78 is 5.22. The van der Waals surface area contributed by atoms with Crippen LogP contribution in [-0.2, 0) is 14.3 Å². The molecule has 0 unspecified atom stereocenters. The van der Waals surface area contributed by atoms with Crippen molar-refractivity contribution < 1.29 is 23.9 Å². The van der Waals surface area contributed by atoms with E-state index in [9.17, 15) is 19.2 Å². The molecule has 2 aromatic rings. The highest BCUT2D eigenvalue weighted by atomic mass is 16.5. The number of benzene rings is 2. The molecule has 0 spiro atoms. The number of carbonyl (C=O) groups is 4. The van der Waals surface area contributed by atoms with Gasteiger partial charge in [-0.25, -0.2) is 4.79 Å². The zero-order valence-corrected chi connectivity index (χ0v) is 16.9. The molecule has 3 aliphatic heterocycles. The van der Waals surface area contributed by atoms with Crippen molar-refractivity contribution in [3.05, 3.63) is 53.1 Å². The Morgan fingerprint density at radius 3 is 2.65 bits per heavy atom. The average Bonchev–Trinajstić information content (AvgIpc) is 3.37. The lowest BCUT2D eigenvalue weighted by Gasteiger charge is -2.33. The van der Waals surface area contributed by atoms with E-state index < -0.39 is 12.6 Å². The van der Waals surface area contributed by atoms with E-state index in [0.29, 0.717) is 16.9 Å². The first-order valence-electron chi connectivity index (χ1n) is 10.3. The second kappa shape index (κ2) is 7.23. The van der Waals surface area contributed by atoms with Gasteiger partial charge < -0.3 is 20.3 Å². The number of carbonyl (C=O) groups excluding carboxylic acids is 4. The van der Waals surface area contributed by atoms with Gasteiger partial charge in [0.25, 0.3) is 0 Å². The summed E-state index contributed by atoms with van der Waals surface area (Å²) in [6.07, 6.45) is 1.78. The van der Waals surface area contributed by atoms with Crippen molar-refractivity contribution in [3.8, 4) is 0 Å². The lowest BCUT2D eigenvalue weighted by atomic mass is 9.99. The molecule has 2 atom stereocenters. The van der Waals surface area contributed by atoms with E-state index >= 15 is 0 Å². The van der Waals surface area contributed by atoms with Gasteiger partial charge in [-0.1, -0.05) is 0 Å². The maximum atomic E-state index is 12.5. The van der Waals surface area contributed by atoms with Crippen molar-refractivity contribution in [2.45, 2.75) is 31.7 Å². The number of nitrogens with one attached hydrogen (secondary N) is 2. The SMILES string of the molecule is C[C@H]1C(=O)Nc2ccc(C(=O)COC(=O)c3ccc4c(c3)NC(=O)[C@H]3CCCN43)cc21. The molecule has 5 rings (SSSR count). The quantitative estimate of drug-likeness (QED) is 0.583. The van der Waals surface area contributed by atoms with Gasteiger partial charge in [0, 0.05) is 17.8 Å². The highest BCUT2D eigenvalue weighted by Gasteiger charge is 2.36. The molecule has 158 valence electrons. The van der Waals surface area contributed by atoms with Crippen LogP contribution in [0.15, 0.2) is 36.4 Å². The van der Waals surface area contributed by atoms with Crippen LogP contribution in [0.4, 0.5) is 17.1 Å². The van der Waals surface area contributed by atoms with Crippen molar-refractivity contribution in [2.24, 2.45) is 0 Å². The fraction of sp³-hybridized carbons (Fsp3) is 0.304. The molecule has 1 fully saturated rings. The summed E-state index contributed by atoms with van der Waals surface area (Å²) >= 11 is 0. The maximum absolute atomic E-state index is 12.5. The topological polar surface area (TPSA) is 105 Å². The first-order valence-corrected chi connectivity index (χ1v) is 10.3. The average molecular weight is 419 g/mol. The summed E-state index contributed by atoms with van der Waals surface area (Å²) in [5, 5.41) is 5.62. The van der Waals surface area contributed by atoms with Crippen molar-refractivity contribution in [3.63, 3.8) is 0 Å². The van der Waals surface area contributed by atoms with Gasteiger partial charge in [-0.15, -0.1) is 0 Å². The maximum Gasteiger partial charge on any atom is 0.338 e. The Labute approximate surface area is 178 Å². The molecule has 0 aliphatic carbocycles. The summed E-state index contributed by atoms with van der Waals surface area (Å²) in [7, 11) is 0. The smallest absolute Gasteiger partial charge is 0.338 e. The highest BCUT2D eigenvalue weighted by molar-refractivity contribution is 6.07. The largest absolute Gasteiger partial charge is 0.454 e. The summed E-state index contributed by atoms with van der Waals surface area (Å²) in [4.78, 5) is 51.1. The first-order chi connectivity index (χ1) is 14.9. The summed E-state index contributed by atoms with van der Waals surface area (Å²) in [5.74, 6) is -1.49. The minimum atomic E-state index is -0.639. The van der Waals surface area contributed by atoms with Crippen LogP contribution in [0.2, 0.25) is 0 Å². The molecule has 1 saturated heterocycles. The molecule has 2 aromatic carbocycles. The van der Waals surface area contributed by atoms with Gasteiger partial charge >= 0.3 is 5.97 Å². The number of hydrogen-bond donors (Lipinski definition) is 2. The van der Waals surface area contributed by atoms with Gasteiger partial charge in [-0.2, -0.15) is 0 Å². The third-order valence-corrected chi connectivity index (χ3v) is 6.18. The molecular weight excluding hydrogens is 398 g/mol. The van der Waals surface area contributed by atoms with Gasteiger partial charge in [0.15, 0.2) is 12.4 Å². The molecule has 8 heteroatoms. The van der Waals surface area contributed by atoms with Crippen LogP contribution in [0.25, 0.3) is 0 Å². The Bertz CT molecular complexity index is 1140. The predicted octanol–water partition coefficient (Wildman–Crippen LogP) is 2.70. The predicted molar refractivity (Wildman–Crippen MR) is 114 cm³/mol. The lowest BCUT2D eigenvalue weighted by molar-refractivity contribution is -0.117. The third-order valence-electron chi connectivity index (χ3n) is 6.18. The van der Waals surface area contributed by atoms with E-state index in [0.717, 1.165) is 30.6 Å². The Morgan fingerprint density at radius 1 is 1.03 bits per heavy atom. The van der Waals surface area contributed by atoms with E-state index in [1.54, 1.807) is 43.3 Å². The number of rotatable bonds is 4. The molecule has 8 nitrogen and oxygen atoms in total. The second-order valence-corrected chi connectivity index (χ2v) is 8.08. The second-order valence-electron chi connectivity index (χ2n) is 8.08. The van der Waals surface area contributed by atoms with E-state index in [1.165, 1.54) is 0 Å². The van der Waals surface area contributed by atoms with Crippen molar-refractivity contribution in [1.82, 2.24) is 0 Å². The van der Waals surface area contributed by atoms with Gasteiger partial charge in [-0.3, -0.25) is 14.4 Å². The number of anilines is 3. The molecule has 2 amide bonds. The Balaban J connectivity index is 1.27. The van der Waals surface area contributed by atoms with E-state index in [4.69, 9.17) is 4.74 Å². The number of ketones is 1. The number of hydrogen-bond acceptors (Lipinski definition) is 6. The molecule has 31 heavy (non-hydrogen) atoms. The number of esters is 1. The fourth-order valence-electron chi connectivity index (χ4n) is 4.45. The number of fused-ring (bicyclic) bond motifs is 4. The minimum Gasteiger partial charge on any atom is -0.454 e. The van der Waals surface area contributed by atoms with Crippen molar-refractivity contribution >= 4 is 40.6 Å². The Kier molecular flexibility index (Phi) is 4.50. The van der Waals surface area contributed by atoms with Gasteiger partial charge in [0.1, 0.15) is 6.04 Å². The molecule has 3 aliphatic rings. The molecule has 2 N–H and O–H groups in total. The van der Waals surface area contributed by atoms with Crippen molar-refractivity contribution in [2.75, 3.05) is 28.7 Å². The summed E-state index contributed by atoms with van der Waals surface area (Å²) in [6.45, 7) is 2.17. The standard InChI is InChI=1S/C23H21N3O5/c1-12-15-9-13(4-6-16(15)24-21(12)28)20(27)11-31-23(30)14-5-7-18-17(10-14)25-22(29)19-3-2-8-26(18)19/h4-7,9-10,12,19H,2-3,8,11H2,1H3,(H,24,28)(H,25,29)/t12-,19-/m1/s1. The summed E-state index contributed by atoms with van der Waals surface area (Å²) in [6, 6.07) is 9.84. The summed E-state index contributed by atoms with van der Waals surface area (Å²) in [5.41, 5.74) is 3.57. The van der Waals surface area contributed by atoms with E-state index in [2.05, 4.69) is 15.5 Å². The normalized spacial score (nSPS) is 21.0. The molecule has 0 saturated carbocycles. The lowest BCUT2D eigenvalue weighted by Crippen LogP contribution is -2.43. The van der Waals surface area contributed by atoms with Crippen molar-refractivity contribution in [1.29, 1.82) is 0 Å². The van der Waals surface area contributed by atoms with E-state index in [1.807, 2.05) is 0 Å². The van der Waals surface area contributed by atoms with Gasteiger partial charge in [0.2, 0.25) is 11.8 Å². The zero-order chi connectivity index (χ0) is 21.7. The monoisotopic (exact) mass is 419 g/mol. The van der Waals surface area contributed by atoms with Gasteiger partial charge in [0.05, 0.1) is 22.9 Å². The van der Waals surface area contributed by atoms with Crippen LogP contribution < -0.4 is 15.5 Å². The zero-order valence-electron chi connectivity index (χ0n) is 16.9. The van der Waals surface area contributed by atoms with Crippen LogP contribution >= 0.6 is 0 Å². The van der Waals surface area contributed by atoms with Crippen LogP contribution in [0.3, 0.4) is 0 Å². The first kappa shape index (κ1) is 19.3. The number of ether oxygens (including phenoxy) is 1. The molecule has 3 heterocycles. The Hall–Kier alpha value is -3.68. The molecular formula is C23H21N3O5. The van der Waals surface area contributed by atoms with Crippen LogP contribution in [0, 0.1) is 0 Å². The fourth-order valence-corrected chi connectivity index (χ4v) is 4.45. The minimum absolute atomic E-state index is 0.0653. The third kappa shape index (κ3) is 3.24. The number of Topliss-reactive ketones (excluding diaryl/α,β-unsaturated/α-hetero) is 1. The van der Waals surface area contributed by atoms with Gasteiger partial charge in [-0.05, 0) is 61.7 Å². The molecule has 0 aromatic heterocycles. The van der Waals surface area contributed by atoms with E-state index in [-0.39, 0.29) is 35.1 Å². The Morgan fingerprint density at radius 2 is 1.81 bits per heavy atom. The highest BCUT2D eigenvalue weighted by Crippen LogP contribution is 2.37. The number of amides is 2.